The number of aryl methyl sites for hydroxylation is 1. The standard InChI is InChI=1S/C29H28F3N5O3/c1-18-10-19(12-20(11-18)27-15-33-17-40-27)24-14-26(35-7-2-3-8-35)28(39)37(34-24)25-13-21(36-9-6-22(38)16-36)4-5-23(25)29(30,31)32/h4-5,10-15,17,22,38H,2-3,6-9,16H2,1H3/t22-/m0/s1. The second kappa shape index (κ2) is 10.1. The summed E-state index contributed by atoms with van der Waals surface area (Å²) >= 11 is 0. The van der Waals surface area contributed by atoms with Crippen LogP contribution in [0.3, 0.4) is 0 Å². The lowest BCUT2D eigenvalue weighted by Gasteiger charge is -2.23. The molecule has 4 heterocycles. The van der Waals surface area contributed by atoms with Crippen molar-refractivity contribution in [2.75, 3.05) is 36.0 Å². The largest absolute Gasteiger partial charge is 0.444 e. The molecular formula is C29H28F3N5O3. The first-order chi connectivity index (χ1) is 19.2. The van der Waals surface area contributed by atoms with Gasteiger partial charge in [0, 0.05) is 43.0 Å². The van der Waals surface area contributed by atoms with Gasteiger partial charge in [0.05, 0.1) is 29.2 Å². The van der Waals surface area contributed by atoms with E-state index in [9.17, 15) is 23.1 Å². The van der Waals surface area contributed by atoms with Crippen molar-refractivity contribution in [3.8, 4) is 28.3 Å². The monoisotopic (exact) mass is 551 g/mol. The van der Waals surface area contributed by atoms with E-state index in [0.717, 1.165) is 34.7 Å². The van der Waals surface area contributed by atoms with E-state index in [1.54, 1.807) is 12.3 Å². The molecule has 1 N–H and O–H groups in total. The molecule has 208 valence electrons. The van der Waals surface area contributed by atoms with Crippen LogP contribution in [0.5, 0.6) is 0 Å². The van der Waals surface area contributed by atoms with Gasteiger partial charge >= 0.3 is 6.18 Å². The third-order valence-corrected chi connectivity index (χ3v) is 7.47. The first-order valence-corrected chi connectivity index (χ1v) is 13.2. The summed E-state index contributed by atoms with van der Waals surface area (Å²) in [6.45, 7) is 3.97. The highest BCUT2D eigenvalue weighted by atomic mass is 19.4. The maximum atomic E-state index is 14.3. The Kier molecular flexibility index (Phi) is 6.61. The van der Waals surface area contributed by atoms with E-state index in [-0.39, 0.29) is 5.69 Å². The Morgan fingerprint density at radius 2 is 1.75 bits per heavy atom. The number of hydrogen-bond acceptors (Lipinski definition) is 7. The van der Waals surface area contributed by atoms with Gasteiger partial charge in [-0.1, -0.05) is 0 Å². The van der Waals surface area contributed by atoms with E-state index in [0.29, 0.717) is 61.0 Å². The number of benzene rings is 2. The highest BCUT2D eigenvalue weighted by Crippen LogP contribution is 2.37. The highest BCUT2D eigenvalue weighted by molar-refractivity contribution is 5.72. The fourth-order valence-electron chi connectivity index (χ4n) is 5.51. The van der Waals surface area contributed by atoms with Crippen LogP contribution in [0.1, 0.15) is 30.4 Å². The topological polar surface area (TPSA) is 87.6 Å². The molecule has 11 heteroatoms. The minimum atomic E-state index is -4.72. The molecule has 1 atom stereocenters. The Morgan fingerprint density at radius 3 is 2.42 bits per heavy atom. The normalized spacial score (nSPS) is 17.7. The number of aromatic nitrogens is 3. The van der Waals surface area contributed by atoms with Crippen LogP contribution in [0.2, 0.25) is 0 Å². The van der Waals surface area contributed by atoms with Gasteiger partial charge in [0.2, 0.25) is 0 Å². The molecule has 2 fully saturated rings. The molecule has 0 amide bonds. The van der Waals surface area contributed by atoms with E-state index >= 15 is 0 Å². The summed E-state index contributed by atoms with van der Waals surface area (Å²) in [4.78, 5) is 21.5. The van der Waals surface area contributed by atoms with Crippen LogP contribution in [-0.4, -0.2) is 52.2 Å². The van der Waals surface area contributed by atoms with Crippen molar-refractivity contribution < 1.29 is 22.7 Å². The highest BCUT2D eigenvalue weighted by Gasteiger charge is 2.36. The number of anilines is 2. The molecule has 0 spiro atoms. The van der Waals surface area contributed by atoms with Gasteiger partial charge in [-0.3, -0.25) is 4.79 Å². The molecule has 8 nitrogen and oxygen atoms in total. The second-order valence-corrected chi connectivity index (χ2v) is 10.4. The van der Waals surface area contributed by atoms with E-state index < -0.39 is 23.4 Å². The Morgan fingerprint density at radius 1 is 0.975 bits per heavy atom. The van der Waals surface area contributed by atoms with Crippen LogP contribution in [0.4, 0.5) is 24.5 Å². The van der Waals surface area contributed by atoms with E-state index in [2.05, 4.69) is 10.1 Å². The number of nitrogens with zero attached hydrogens (tertiary/aromatic N) is 5. The lowest BCUT2D eigenvalue weighted by molar-refractivity contribution is -0.137. The summed E-state index contributed by atoms with van der Waals surface area (Å²) in [6, 6.07) is 11.0. The molecule has 2 aliphatic rings. The van der Waals surface area contributed by atoms with Crippen molar-refractivity contribution in [3.63, 3.8) is 0 Å². The average Bonchev–Trinajstić information content (AvgIpc) is 3.71. The number of alkyl halides is 3. The summed E-state index contributed by atoms with van der Waals surface area (Å²) < 4.78 is 49.3. The molecule has 2 aromatic carbocycles. The van der Waals surface area contributed by atoms with Gasteiger partial charge < -0.3 is 19.3 Å². The van der Waals surface area contributed by atoms with Crippen molar-refractivity contribution in [1.29, 1.82) is 0 Å². The quantitative estimate of drug-likeness (QED) is 0.371. The average molecular weight is 552 g/mol. The predicted octanol–water partition coefficient (Wildman–Crippen LogP) is 5.05. The van der Waals surface area contributed by atoms with E-state index in [1.807, 2.05) is 34.9 Å². The van der Waals surface area contributed by atoms with Crippen molar-refractivity contribution in [1.82, 2.24) is 14.8 Å². The van der Waals surface area contributed by atoms with Gasteiger partial charge in [0.15, 0.2) is 12.2 Å². The first kappa shape index (κ1) is 26.1. The van der Waals surface area contributed by atoms with Crippen LogP contribution in [-0.2, 0) is 6.18 Å². The second-order valence-electron chi connectivity index (χ2n) is 10.4. The Bertz CT molecular complexity index is 1590. The third kappa shape index (κ3) is 4.97. The maximum absolute atomic E-state index is 14.3. The van der Waals surface area contributed by atoms with Crippen molar-refractivity contribution >= 4 is 11.4 Å². The first-order valence-electron chi connectivity index (χ1n) is 13.2. The summed E-state index contributed by atoms with van der Waals surface area (Å²) in [5.74, 6) is 0.540. The van der Waals surface area contributed by atoms with Crippen LogP contribution < -0.4 is 15.4 Å². The SMILES string of the molecule is Cc1cc(-c2cc(N3CCCC3)c(=O)n(-c3cc(N4CC[C@H](O)C4)ccc3C(F)(F)F)n2)cc(-c2cnco2)c1. The zero-order valence-corrected chi connectivity index (χ0v) is 21.9. The van der Waals surface area contributed by atoms with Crippen LogP contribution in [0, 0.1) is 6.92 Å². The molecule has 2 aliphatic heterocycles. The summed E-state index contributed by atoms with van der Waals surface area (Å²) in [7, 11) is 0. The molecule has 0 radical (unpaired) electrons. The summed E-state index contributed by atoms with van der Waals surface area (Å²) in [5, 5.41) is 14.5. The van der Waals surface area contributed by atoms with Crippen molar-refractivity contribution in [2.45, 2.75) is 38.5 Å². The number of hydrogen-bond donors (Lipinski definition) is 1. The van der Waals surface area contributed by atoms with Gasteiger partial charge in [-0.05, 0) is 74.2 Å². The molecule has 0 bridgehead atoms. The van der Waals surface area contributed by atoms with Gasteiger partial charge in [-0.25, -0.2) is 4.98 Å². The third-order valence-electron chi connectivity index (χ3n) is 7.47. The van der Waals surface area contributed by atoms with Crippen molar-refractivity contribution in [3.05, 3.63) is 76.5 Å². The van der Waals surface area contributed by atoms with Gasteiger partial charge in [-0.2, -0.15) is 23.0 Å². The molecule has 0 saturated carbocycles. The molecule has 0 aliphatic carbocycles. The molecular weight excluding hydrogens is 523 g/mol. The number of halogens is 3. The zero-order chi connectivity index (χ0) is 28.0. The minimum Gasteiger partial charge on any atom is -0.444 e. The fourth-order valence-corrected chi connectivity index (χ4v) is 5.51. The molecule has 0 unspecified atom stereocenters. The zero-order valence-electron chi connectivity index (χ0n) is 21.9. The Labute approximate surface area is 228 Å². The Balaban J connectivity index is 1.57. The molecule has 4 aromatic rings. The number of β-amino-alcohol motifs (C(OH)–C–C–N with tert-alkyl or cyclic N) is 1. The number of oxazole rings is 1. The number of aliphatic hydroxyl groups is 1. The van der Waals surface area contributed by atoms with Crippen LogP contribution in [0.25, 0.3) is 28.3 Å². The number of rotatable bonds is 5. The molecule has 40 heavy (non-hydrogen) atoms. The van der Waals surface area contributed by atoms with Gasteiger partial charge in [0.1, 0.15) is 5.69 Å². The van der Waals surface area contributed by atoms with E-state index in [4.69, 9.17) is 4.42 Å². The Hall–Kier alpha value is -4.12. The fraction of sp³-hybridized carbons (Fsp3) is 0.345. The van der Waals surface area contributed by atoms with Gasteiger partial charge in [0.25, 0.3) is 5.56 Å². The predicted molar refractivity (Wildman–Crippen MR) is 145 cm³/mol. The van der Waals surface area contributed by atoms with E-state index in [1.165, 1.54) is 18.5 Å². The molecule has 2 saturated heterocycles. The minimum absolute atomic E-state index is 0.305. The molecule has 2 aromatic heterocycles. The number of aliphatic hydroxyl groups excluding tert-OH is 1. The molecule has 6 rings (SSSR count). The lowest BCUT2D eigenvalue weighted by atomic mass is 10.0. The van der Waals surface area contributed by atoms with Crippen LogP contribution >= 0.6 is 0 Å². The smallest absolute Gasteiger partial charge is 0.418 e. The summed E-state index contributed by atoms with van der Waals surface area (Å²) in [6.07, 6.45) is -0.0757. The van der Waals surface area contributed by atoms with Gasteiger partial charge in [-0.15, -0.1) is 0 Å². The summed E-state index contributed by atoms with van der Waals surface area (Å²) in [5.41, 5.74) is 1.50. The van der Waals surface area contributed by atoms with Crippen molar-refractivity contribution in [2.24, 2.45) is 0 Å². The lowest BCUT2D eigenvalue weighted by Crippen LogP contribution is -2.32. The van der Waals surface area contributed by atoms with Crippen LogP contribution in [0.15, 0.2) is 64.3 Å². The maximum Gasteiger partial charge on any atom is 0.418 e.